The van der Waals surface area contributed by atoms with Crippen LogP contribution in [0.15, 0.2) is 18.2 Å². The van der Waals surface area contributed by atoms with Gasteiger partial charge in [-0.05, 0) is 18.1 Å². The van der Waals surface area contributed by atoms with E-state index in [0.29, 0.717) is 16.5 Å². The van der Waals surface area contributed by atoms with E-state index in [0.717, 1.165) is 23.7 Å². The smallest absolute Gasteiger partial charge is 0.0819 e. The van der Waals surface area contributed by atoms with Crippen molar-refractivity contribution in [1.82, 2.24) is 0 Å². The average molecular weight is 292 g/mol. The summed E-state index contributed by atoms with van der Waals surface area (Å²) in [7, 11) is 0. The third-order valence-electron chi connectivity index (χ3n) is 2.81. The number of halogens is 2. The molecule has 2 unspecified atom stereocenters. The molecule has 94 valence electrons. The molecule has 1 fully saturated rings. The number of rotatable bonds is 3. The number of benzene rings is 1. The van der Waals surface area contributed by atoms with Crippen LogP contribution in [0.4, 0.5) is 0 Å². The molecule has 0 aromatic heterocycles. The Hall–Kier alpha value is 0.0700. The van der Waals surface area contributed by atoms with Gasteiger partial charge >= 0.3 is 0 Å². The number of ether oxygens (including phenoxy) is 1. The van der Waals surface area contributed by atoms with Gasteiger partial charge in [0.25, 0.3) is 0 Å². The summed E-state index contributed by atoms with van der Waals surface area (Å²) in [5.41, 5.74) is 7.15. The zero-order valence-corrected chi connectivity index (χ0v) is 11.7. The third kappa shape index (κ3) is 3.52. The van der Waals surface area contributed by atoms with Crippen molar-refractivity contribution in [2.75, 3.05) is 18.1 Å². The fourth-order valence-corrected chi connectivity index (χ4v) is 3.20. The van der Waals surface area contributed by atoms with Crippen molar-refractivity contribution < 1.29 is 4.74 Å². The van der Waals surface area contributed by atoms with Gasteiger partial charge in [-0.1, -0.05) is 35.3 Å². The summed E-state index contributed by atoms with van der Waals surface area (Å²) in [4.78, 5) is 0. The Morgan fingerprint density at radius 2 is 2.29 bits per heavy atom. The summed E-state index contributed by atoms with van der Waals surface area (Å²) in [5, 5.41) is 1.18. The molecule has 0 saturated carbocycles. The summed E-state index contributed by atoms with van der Waals surface area (Å²) in [6, 6.07) is 5.61. The molecule has 1 aromatic carbocycles. The molecule has 0 spiro atoms. The van der Waals surface area contributed by atoms with Gasteiger partial charge in [-0.3, -0.25) is 0 Å². The quantitative estimate of drug-likeness (QED) is 0.930. The standard InChI is InChI=1S/C12H15Cl2NOS/c13-9-3-1-2-8(12(9)14)6-10(15)11-7-17-5-4-16-11/h1-3,10-11H,4-7,15H2. The molecular formula is C12H15Cl2NOS. The summed E-state index contributed by atoms with van der Waals surface area (Å²) in [6.07, 6.45) is 0.814. The Balaban J connectivity index is 2.01. The van der Waals surface area contributed by atoms with Gasteiger partial charge in [0.15, 0.2) is 0 Å². The average Bonchev–Trinajstić information content (AvgIpc) is 2.36. The second kappa shape index (κ2) is 6.30. The molecule has 0 radical (unpaired) electrons. The van der Waals surface area contributed by atoms with Gasteiger partial charge in [0.05, 0.1) is 22.8 Å². The van der Waals surface area contributed by atoms with E-state index in [4.69, 9.17) is 33.7 Å². The highest BCUT2D eigenvalue weighted by Gasteiger charge is 2.22. The largest absolute Gasteiger partial charge is 0.375 e. The molecule has 1 aromatic rings. The van der Waals surface area contributed by atoms with Crippen molar-refractivity contribution in [3.8, 4) is 0 Å². The Labute approximate surface area is 116 Å². The number of thioether (sulfide) groups is 1. The van der Waals surface area contributed by atoms with Crippen LogP contribution in [-0.4, -0.2) is 30.3 Å². The van der Waals surface area contributed by atoms with Crippen LogP contribution in [0.2, 0.25) is 10.0 Å². The fourth-order valence-electron chi connectivity index (χ4n) is 1.84. The Morgan fingerprint density at radius 3 is 3.00 bits per heavy atom. The van der Waals surface area contributed by atoms with Crippen LogP contribution < -0.4 is 5.73 Å². The van der Waals surface area contributed by atoms with E-state index in [9.17, 15) is 0 Å². The lowest BCUT2D eigenvalue weighted by Crippen LogP contribution is -2.42. The topological polar surface area (TPSA) is 35.2 Å². The first kappa shape index (κ1) is 13.5. The van der Waals surface area contributed by atoms with Crippen LogP contribution in [-0.2, 0) is 11.2 Å². The van der Waals surface area contributed by atoms with E-state index in [1.807, 2.05) is 23.9 Å². The predicted octanol–water partition coefficient (Wildman–Crippen LogP) is 3.00. The van der Waals surface area contributed by atoms with Crippen molar-refractivity contribution in [2.45, 2.75) is 18.6 Å². The van der Waals surface area contributed by atoms with Crippen LogP contribution in [0.5, 0.6) is 0 Å². The molecule has 1 aliphatic heterocycles. The lowest BCUT2D eigenvalue weighted by molar-refractivity contribution is 0.0572. The number of hydrogen-bond acceptors (Lipinski definition) is 3. The SMILES string of the molecule is NC(Cc1cccc(Cl)c1Cl)C1CSCCO1. The maximum atomic E-state index is 6.16. The lowest BCUT2D eigenvalue weighted by atomic mass is 10.0. The Morgan fingerprint density at radius 1 is 1.47 bits per heavy atom. The second-order valence-electron chi connectivity index (χ2n) is 4.07. The monoisotopic (exact) mass is 291 g/mol. The van der Waals surface area contributed by atoms with Gasteiger partial charge in [-0.2, -0.15) is 11.8 Å². The van der Waals surface area contributed by atoms with E-state index in [2.05, 4.69) is 0 Å². The van der Waals surface area contributed by atoms with Gasteiger partial charge in [0.1, 0.15) is 0 Å². The molecule has 5 heteroatoms. The molecule has 2 N–H and O–H groups in total. The fraction of sp³-hybridized carbons (Fsp3) is 0.500. The van der Waals surface area contributed by atoms with Crippen LogP contribution >= 0.6 is 35.0 Å². The summed E-state index contributed by atoms with van der Waals surface area (Å²) < 4.78 is 5.66. The van der Waals surface area contributed by atoms with Gasteiger partial charge < -0.3 is 10.5 Å². The van der Waals surface area contributed by atoms with Crippen LogP contribution in [0, 0.1) is 0 Å². The third-order valence-corrected chi connectivity index (χ3v) is 4.68. The van der Waals surface area contributed by atoms with Gasteiger partial charge in [0, 0.05) is 17.5 Å². The minimum atomic E-state index is -0.0289. The maximum Gasteiger partial charge on any atom is 0.0819 e. The van der Waals surface area contributed by atoms with Crippen molar-refractivity contribution in [3.05, 3.63) is 33.8 Å². The predicted molar refractivity (Wildman–Crippen MR) is 75.2 cm³/mol. The zero-order valence-electron chi connectivity index (χ0n) is 9.36. The zero-order chi connectivity index (χ0) is 12.3. The van der Waals surface area contributed by atoms with Crippen LogP contribution in [0.1, 0.15) is 5.56 Å². The van der Waals surface area contributed by atoms with Crippen molar-refractivity contribution in [3.63, 3.8) is 0 Å². The van der Waals surface area contributed by atoms with Gasteiger partial charge in [-0.25, -0.2) is 0 Å². The molecule has 1 aliphatic rings. The normalized spacial score (nSPS) is 22.4. The lowest BCUT2D eigenvalue weighted by Gasteiger charge is -2.27. The van der Waals surface area contributed by atoms with Crippen molar-refractivity contribution in [2.24, 2.45) is 5.73 Å². The molecular weight excluding hydrogens is 277 g/mol. The summed E-state index contributed by atoms with van der Waals surface area (Å²) in [6.45, 7) is 0.784. The van der Waals surface area contributed by atoms with E-state index >= 15 is 0 Å². The molecule has 17 heavy (non-hydrogen) atoms. The first-order valence-corrected chi connectivity index (χ1v) is 7.47. The highest BCUT2D eigenvalue weighted by molar-refractivity contribution is 7.99. The molecule has 2 nitrogen and oxygen atoms in total. The van der Waals surface area contributed by atoms with E-state index in [1.165, 1.54) is 0 Å². The first-order valence-electron chi connectivity index (χ1n) is 5.56. The molecule has 0 bridgehead atoms. The van der Waals surface area contributed by atoms with E-state index in [1.54, 1.807) is 6.07 Å². The summed E-state index contributed by atoms with van der Waals surface area (Å²) >= 11 is 14.0. The molecule has 2 atom stereocenters. The Bertz CT molecular complexity index is 383. The number of nitrogens with two attached hydrogens (primary N) is 1. The second-order valence-corrected chi connectivity index (χ2v) is 6.00. The van der Waals surface area contributed by atoms with Gasteiger partial charge in [-0.15, -0.1) is 0 Å². The highest BCUT2D eigenvalue weighted by atomic mass is 35.5. The molecule has 0 aliphatic carbocycles. The van der Waals surface area contributed by atoms with Crippen molar-refractivity contribution in [1.29, 1.82) is 0 Å². The Kier molecular flexibility index (Phi) is 5.00. The minimum Gasteiger partial charge on any atom is -0.375 e. The van der Waals surface area contributed by atoms with E-state index in [-0.39, 0.29) is 12.1 Å². The minimum absolute atomic E-state index is 0.0289. The van der Waals surface area contributed by atoms with Gasteiger partial charge in [0.2, 0.25) is 0 Å². The first-order chi connectivity index (χ1) is 8.18. The maximum absolute atomic E-state index is 6.16. The molecule has 1 heterocycles. The number of hydrogen-bond donors (Lipinski definition) is 1. The highest BCUT2D eigenvalue weighted by Crippen LogP contribution is 2.27. The van der Waals surface area contributed by atoms with Crippen LogP contribution in [0.3, 0.4) is 0 Å². The molecule has 1 saturated heterocycles. The van der Waals surface area contributed by atoms with Crippen molar-refractivity contribution >= 4 is 35.0 Å². The summed E-state index contributed by atoms with van der Waals surface area (Å²) in [5.74, 6) is 2.01. The van der Waals surface area contributed by atoms with E-state index < -0.39 is 0 Å². The molecule has 0 amide bonds. The van der Waals surface area contributed by atoms with Crippen LogP contribution in [0.25, 0.3) is 0 Å². The molecule has 2 rings (SSSR count).